The number of benzene rings is 1. The van der Waals surface area contributed by atoms with E-state index in [1.54, 1.807) is 7.11 Å². The van der Waals surface area contributed by atoms with Crippen molar-refractivity contribution in [1.82, 2.24) is 5.32 Å². The molecule has 1 aliphatic heterocycles. The normalized spacial score (nSPS) is 18.8. The second-order valence-corrected chi connectivity index (χ2v) is 7.17. The molecule has 0 bridgehead atoms. The van der Waals surface area contributed by atoms with Crippen molar-refractivity contribution >= 4 is 23.5 Å². The van der Waals surface area contributed by atoms with Crippen molar-refractivity contribution in [3.63, 3.8) is 0 Å². The molecule has 0 saturated carbocycles. The summed E-state index contributed by atoms with van der Waals surface area (Å²) in [7, 11) is 1.67. The van der Waals surface area contributed by atoms with Gasteiger partial charge in [0, 0.05) is 35.6 Å². The smallest absolute Gasteiger partial charge is 0.161 e. The van der Waals surface area contributed by atoms with Crippen molar-refractivity contribution in [2.45, 2.75) is 18.7 Å². The molecular weight excluding hydrogens is 290 g/mol. The quantitative estimate of drug-likeness (QED) is 0.836. The van der Waals surface area contributed by atoms with Gasteiger partial charge in [-0.15, -0.1) is 0 Å². The fourth-order valence-electron chi connectivity index (χ4n) is 2.13. The van der Waals surface area contributed by atoms with Crippen LogP contribution in [0, 0.1) is 0 Å². The number of rotatable bonds is 7. The third-order valence-corrected chi connectivity index (χ3v) is 5.96. The maximum Gasteiger partial charge on any atom is 0.161 e. The minimum Gasteiger partial charge on any atom is -0.493 e. The number of ether oxygens (including phenoxy) is 2. The minimum absolute atomic E-state index is 0.656. The molecule has 1 atom stereocenters. The maximum atomic E-state index is 5.60. The van der Waals surface area contributed by atoms with E-state index in [1.165, 1.54) is 22.8 Å². The van der Waals surface area contributed by atoms with E-state index in [1.807, 2.05) is 13.0 Å². The summed E-state index contributed by atoms with van der Waals surface area (Å²) in [6, 6.07) is 6.14. The summed E-state index contributed by atoms with van der Waals surface area (Å²) in [4.78, 5) is 0. The Kier molecular flexibility index (Phi) is 6.90. The van der Waals surface area contributed by atoms with E-state index >= 15 is 0 Å². The highest BCUT2D eigenvalue weighted by molar-refractivity contribution is 8.06. The second kappa shape index (κ2) is 8.70. The second-order valence-electron chi connectivity index (χ2n) is 4.62. The Balaban J connectivity index is 1.84. The Morgan fingerprint density at radius 2 is 2.20 bits per heavy atom. The molecule has 0 amide bonds. The molecule has 0 aromatic heterocycles. The summed E-state index contributed by atoms with van der Waals surface area (Å²) in [5.41, 5.74) is 1.24. The summed E-state index contributed by atoms with van der Waals surface area (Å²) in [5, 5.41) is 4.30. The highest BCUT2D eigenvalue weighted by Crippen LogP contribution is 2.28. The van der Waals surface area contributed by atoms with Crippen molar-refractivity contribution in [1.29, 1.82) is 0 Å². The van der Waals surface area contributed by atoms with Crippen molar-refractivity contribution < 1.29 is 9.47 Å². The van der Waals surface area contributed by atoms with Gasteiger partial charge in [0.05, 0.1) is 13.7 Å². The molecule has 5 heteroatoms. The van der Waals surface area contributed by atoms with Gasteiger partial charge in [-0.2, -0.15) is 23.5 Å². The molecule has 1 aromatic rings. The fourth-order valence-corrected chi connectivity index (χ4v) is 4.78. The van der Waals surface area contributed by atoms with E-state index < -0.39 is 0 Å². The summed E-state index contributed by atoms with van der Waals surface area (Å²) < 4.78 is 10.9. The van der Waals surface area contributed by atoms with Gasteiger partial charge in [-0.1, -0.05) is 6.07 Å². The van der Waals surface area contributed by atoms with Crippen LogP contribution in [0.1, 0.15) is 12.5 Å². The van der Waals surface area contributed by atoms with Gasteiger partial charge in [-0.05, 0) is 24.6 Å². The Morgan fingerprint density at radius 3 is 2.90 bits per heavy atom. The fraction of sp³-hybridized carbons (Fsp3) is 0.600. The van der Waals surface area contributed by atoms with Crippen molar-refractivity contribution in [2.24, 2.45) is 0 Å². The van der Waals surface area contributed by atoms with Crippen LogP contribution in [-0.2, 0) is 6.54 Å². The van der Waals surface area contributed by atoms with Crippen LogP contribution in [0.2, 0.25) is 0 Å². The average Bonchev–Trinajstić information content (AvgIpc) is 2.49. The van der Waals surface area contributed by atoms with Gasteiger partial charge in [0.1, 0.15) is 0 Å². The first-order chi connectivity index (χ1) is 9.83. The molecule has 1 N–H and O–H groups in total. The molecule has 1 unspecified atom stereocenters. The van der Waals surface area contributed by atoms with Crippen LogP contribution in [-0.4, -0.2) is 42.8 Å². The molecule has 112 valence electrons. The summed E-state index contributed by atoms with van der Waals surface area (Å²) in [6.45, 7) is 4.60. The third kappa shape index (κ3) is 4.79. The molecule has 1 heterocycles. The first-order valence-corrected chi connectivity index (χ1v) is 9.23. The summed E-state index contributed by atoms with van der Waals surface area (Å²) in [5.74, 6) is 5.49. The van der Waals surface area contributed by atoms with Crippen LogP contribution in [0.15, 0.2) is 18.2 Å². The summed E-state index contributed by atoms with van der Waals surface area (Å²) >= 11 is 4.15. The number of thioether (sulfide) groups is 2. The van der Waals surface area contributed by atoms with E-state index in [2.05, 4.69) is 41.0 Å². The van der Waals surface area contributed by atoms with Gasteiger partial charge >= 0.3 is 0 Å². The molecule has 0 radical (unpaired) electrons. The molecular formula is C15H23NO2S2. The largest absolute Gasteiger partial charge is 0.493 e. The van der Waals surface area contributed by atoms with Gasteiger partial charge in [0.25, 0.3) is 0 Å². The van der Waals surface area contributed by atoms with Gasteiger partial charge in [-0.25, -0.2) is 0 Å². The van der Waals surface area contributed by atoms with Crippen LogP contribution in [0.5, 0.6) is 11.5 Å². The average molecular weight is 313 g/mol. The van der Waals surface area contributed by atoms with Crippen LogP contribution in [0.4, 0.5) is 0 Å². The molecule has 20 heavy (non-hydrogen) atoms. The molecule has 1 saturated heterocycles. The Morgan fingerprint density at radius 1 is 1.30 bits per heavy atom. The lowest BCUT2D eigenvalue weighted by Gasteiger charge is -2.21. The Labute approximate surface area is 130 Å². The highest BCUT2D eigenvalue weighted by Gasteiger charge is 2.13. The predicted molar refractivity (Wildman–Crippen MR) is 89.4 cm³/mol. The van der Waals surface area contributed by atoms with Crippen molar-refractivity contribution in [2.75, 3.05) is 37.5 Å². The Hall–Kier alpha value is -0.520. The lowest BCUT2D eigenvalue weighted by Crippen LogP contribution is -2.28. The standard InChI is InChI=1S/C15H23NO2S2/c1-3-18-15-8-12(4-5-14(15)17-2)9-16-10-13-11-19-6-7-20-13/h4-5,8,13,16H,3,6-7,9-11H2,1-2H3. The lowest BCUT2D eigenvalue weighted by molar-refractivity contribution is 0.310. The zero-order valence-corrected chi connectivity index (χ0v) is 13.8. The molecule has 0 spiro atoms. The third-order valence-electron chi connectivity index (χ3n) is 3.11. The van der Waals surface area contributed by atoms with Gasteiger partial charge in [0.2, 0.25) is 0 Å². The lowest BCUT2D eigenvalue weighted by atomic mass is 10.2. The highest BCUT2D eigenvalue weighted by atomic mass is 32.2. The van der Waals surface area contributed by atoms with Crippen LogP contribution in [0.25, 0.3) is 0 Å². The van der Waals surface area contributed by atoms with Gasteiger partial charge in [0.15, 0.2) is 11.5 Å². The van der Waals surface area contributed by atoms with Crippen molar-refractivity contribution in [3.8, 4) is 11.5 Å². The number of methoxy groups -OCH3 is 1. The van der Waals surface area contributed by atoms with Gasteiger partial charge in [-0.3, -0.25) is 0 Å². The topological polar surface area (TPSA) is 30.5 Å². The van der Waals surface area contributed by atoms with E-state index in [9.17, 15) is 0 Å². The monoisotopic (exact) mass is 313 g/mol. The molecule has 0 aliphatic carbocycles. The van der Waals surface area contributed by atoms with Crippen LogP contribution in [0.3, 0.4) is 0 Å². The number of nitrogens with one attached hydrogen (secondary N) is 1. The van der Waals surface area contributed by atoms with Crippen LogP contribution >= 0.6 is 23.5 Å². The SMILES string of the molecule is CCOc1cc(CNCC2CSCCS2)ccc1OC. The molecule has 3 nitrogen and oxygen atoms in total. The zero-order valence-electron chi connectivity index (χ0n) is 12.2. The first kappa shape index (κ1) is 15.9. The molecule has 1 aromatic carbocycles. The first-order valence-electron chi connectivity index (χ1n) is 7.03. The molecule has 2 rings (SSSR count). The number of hydrogen-bond donors (Lipinski definition) is 1. The Bertz CT molecular complexity index is 409. The summed E-state index contributed by atoms with van der Waals surface area (Å²) in [6.07, 6.45) is 0. The predicted octanol–water partition coefficient (Wildman–Crippen LogP) is 3.03. The van der Waals surface area contributed by atoms with Gasteiger partial charge < -0.3 is 14.8 Å². The molecule has 1 fully saturated rings. The zero-order chi connectivity index (χ0) is 14.2. The molecule has 1 aliphatic rings. The minimum atomic E-state index is 0.656. The van der Waals surface area contributed by atoms with E-state index in [4.69, 9.17) is 9.47 Å². The van der Waals surface area contributed by atoms with E-state index in [0.29, 0.717) is 6.61 Å². The van der Waals surface area contributed by atoms with Crippen molar-refractivity contribution in [3.05, 3.63) is 23.8 Å². The number of hydrogen-bond acceptors (Lipinski definition) is 5. The van der Waals surface area contributed by atoms with Crippen LogP contribution < -0.4 is 14.8 Å². The van der Waals surface area contributed by atoms with E-state index in [0.717, 1.165) is 29.8 Å². The maximum absolute atomic E-state index is 5.60. The van der Waals surface area contributed by atoms with E-state index in [-0.39, 0.29) is 0 Å².